The molecule has 0 amide bonds. The smallest absolute Gasteiger partial charge is 0.150 e. The highest BCUT2D eigenvalue weighted by molar-refractivity contribution is 4.99. The second-order valence-electron chi connectivity index (χ2n) is 3.28. The lowest BCUT2D eigenvalue weighted by Crippen LogP contribution is -2.62. The van der Waals surface area contributed by atoms with Gasteiger partial charge in [-0.15, -0.1) is 13.2 Å². The molecule has 0 spiro atoms. The van der Waals surface area contributed by atoms with Crippen LogP contribution in [0.5, 0.6) is 0 Å². The molecule has 13 heavy (non-hydrogen) atoms. The molecule has 0 bridgehead atoms. The lowest BCUT2D eigenvalue weighted by Gasteiger charge is -2.39. The zero-order chi connectivity index (χ0) is 9.73. The summed E-state index contributed by atoms with van der Waals surface area (Å²) in [5.74, 6) is 0. The van der Waals surface area contributed by atoms with Crippen LogP contribution in [0.3, 0.4) is 0 Å². The van der Waals surface area contributed by atoms with Gasteiger partial charge in [-0.1, -0.05) is 12.2 Å². The molecule has 0 aromatic carbocycles. The van der Waals surface area contributed by atoms with Crippen molar-refractivity contribution in [3.8, 4) is 0 Å². The second-order valence-corrected chi connectivity index (χ2v) is 3.28. The summed E-state index contributed by atoms with van der Waals surface area (Å²) in [7, 11) is 0. The fourth-order valence-electron chi connectivity index (χ4n) is 1.62. The van der Waals surface area contributed by atoms with Crippen LogP contribution in [0.1, 0.15) is 12.8 Å². The van der Waals surface area contributed by atoms with Crippen LogP contribution in [0.25, 0.3) is 0 Å². The van der Waals surface area contributed by atoms with Crippen LogP contribution in [0.2, 0.25) is 0 Å². The molecule has 1 heterocycles. The van der Waals surface area contributed by atoms with E-state index >= 15 is 0 Å². The third-order valence-electron chi connectivity index (χ3n) is 2.29. The Morgan fingerprint density at radius 3 is 2.92 bits per heavy atom. The van der Waals surface area contributed by atoms with E-state index in [1.165, 1.54) is 0 Å². The number of aliphatic hydroxyl groups is 1. The van der Waals surface area contributed by atoms with Gasteiger partial charge in [-0.25, -0.2) is 5.32 Å². The SMILES string of the molecule is C=CCC1NCC[N]C1(O)CC=C. The Balaban J connectivity index is 2.63. The highest BCUT2D eigenvalue weighted by atomic mass is 16.3. The minimum absolute atomic E-state index is 0.0169. The molecule has 0 saturated carbocycles. The van der Waals surface area contributed by atoms with Gasteiger partial charge < -0.3 is 10.4 Å². The molecule has 1 aliphatic heterocycles. The Bertz CT molecular complexity index is 193. The first-order valence-corrected chi connectivity index (χ1v) is 4.59. The van der Waals surface area contributed by atoms with Gasteiger partial charge in [0.15, 0.2) is 0 Å². The lowest BCUT2D eigenvalue weighted by atomic mass is 9.95. The number of hydrogen-bond acceptors (Lipinski definition) is 2. The fraction of sp³-hybridized carbons (Fsp3) is 0.600. The summed E-state index contributed by atoms with van der Waals surface area (Å²) >= 11 is 0. The fourth-order valence-corrected chi connectivity index (χ4v) is 1.62. The number of rotatable bonds is 4. The van der Waals surface area contributed by atoms with Gasteiger partial charge in [0, 0.05) is 19.5 Å². The maximum Gasteiger partial charge on any atom is 0.150 e. The van der Waals surface area contributed by atoms with E-state index in [2.05, 4.69) is 23.8 Å². The predicted octanol–water partition coefficient (Wildman–Crippen LogP) is 0.403. The van der Waals surface area contributed by atoms with Gasteiger partial charge in [-0.3, -0.25) is 0 Å². The van der Waals surface area contributed by atoms with Crippen LogP contribution in [-0.4, -0.2) is 30.0 Å². The van der Waals surface area contributed by atoms with E-state index in [9.17, 15) is 5.11 Å². The minimum Gasteiger partial charge on any atom is -0.372 e. The van der Waals surface area contributed by atoms with Crippen LogP contribution < -0.4 is 10.6 Å². The van der Waals surface area contributed by atoms with Crippen molar-refractivity contribution >= 4 is 0 Å². The van der Waals surface area contributed by atoms with Gasteiger partial charge in [0.05, 0.1) is 6.04 Å². The second kappa shape index (κ2) is 4.56. The number of nitrogens with one attached hydrogen (secondary N) is 1. The normalized spacial score (nSPS) is 34.1. The van der Waals surface area contributed by atoms with Crippen molar-refractivity contribution in [1.82, 2.24) is 10.6 Å². The van der Waals surface area contributed by atoms with E-state index in [4.69, 9.17) is 0 Å². The summed E-state index contributed by atoms with van der Waals surface area (Å²) < 4.78 is 0. The Hall–Kier alpha value is -0.640. The molecule has 2 N–H and O–H groups in total. The first-order valence-electron chi connectivity index (χ1n) is 4.59. The molecule has 3 heteroatoms. The Morgan fingerprint density at radius 1 is 1.54 bits per heavy atom. The maximum absolute atomic E-state index is 10.1. The average molecular weight is 181 g/mol. The summed E-state index contributed by atoms with van der Waals surface area (Å²) in [6.45, 7) is 8.78. The van der Waals surface area contributed by atoms with Crippen molar-refractivity contribution < 1.29 is 5.11 Å². The Kier molecular flexibility index (Phi) is 3.66. The van der Waals surface area contributed by atoms with Crippen LogP contribution in [0, 0.1) is 0 Å². The number of nitrogens with zero attached hydrogens (tertiary/aromatic N) is 1. The molecular weight excluding hydrogens is 164 g/mol. The summed E-state index contributed by atoms with van der Waals surface area (Å²) in [6.07, 6.45) is 4.73. The monoisotopic (exact) mass is 181 g/mol. The quantitative estimate of drug-likeness (QED) is 0.617. The molecule has 73 valence electrons. The average Bonchev–Trinajstić information content (AvgIpc) is 2.10. The molecule has 1 rings (SSSR count). The zero-order valence-electron chi connectivity index (χ0n) is 7.87. The summed E-state index contributed by atoms with van der Waals surface area (Å²) in [5.41, 5.74) is -0.978. The Labute approximate surface area is 79.5 Å². The molecule has 2 unspecified atom stereocenters. The zero-order valence-corrected chi connectivity index (χ0v) is 7.87. The third kappa shape index (κ3) is 2.40. The molecule has 1 radical (unpaired) electrons. The van der Waals surface area contributed by atoms with Gasteiger partial charge in [0.1, 0.15) is 5.72 Å². The van der Waals surface area contributed by atoms with Gasteiger partial charge >= 0.3 is 0 Å². The van der Waals surface area contributed by atoms with Gasteiger partial charge in [-0.05, 0) is 6.42 Å². The van der Waals surface area contributed by atoms with E-state index < -0.39 is 5.72 Å². The van der Waals surface area contributed by atoms with Crippen molar-refractivity contribution in [1.29, 1.82) is 0 Å². The molecular formula is C10H17N2O. The molecule has 1 aliphatic rings. The maximum atomic E-state index is 10.1. The van der Waals surface area contributed by atoms with E-state index in [0.717, 1.165) is 13.0 Å². The standard InChI is InChI=1S/C10H17N2O/c1-3-5-9-10(13,6-4-2)12-8-7-11-9/h3-4,9,11,13H,1-2,5-8H2. The summed E-state index contributed by atoms with van der Waals surface area (Å²) in [4.78, 5) is 0. The summed E-state index contributed by atoms with van der Waals surface area (Å²) in [6, 6.07) is -0.0169. The van der Waals surface area contributed by atoms with Crippen LogP contribution >= 0.6 is 0 Å². The first-order chi connectivity index (χ1) is 6.23. The molecule has 3 nitrogen and oxygen atoms in total. The van der Waals surface area contributed by atoms with Gasteiger partial charge in [0.25, 0.3) is 0 Å². The van der Waals surface area contributed by atoms with Gasteiger partial charge in [0.2, 0.25) is 0 Å². The van der Waals surface area contributed by atoms with Crippen LogP contribution in [-0.2, 0) is 0 Å². The first kappa shape index (κ1) is 10.4. The van der Waals surface area contributed by atoms with Crippen molar-refractivity contribution in [3.63, 3.8) is 0 Å². The highest BCUT2D eigenvalue weighted by Crippen LogP contribution is 2.19. The molecule has 0 aliphatic carbocycles. The van der Waals surface area contributed by atoms with E-state index in [-0.39, 0.29) is 6.04 Å². The summed E-state index contributed by atoms with van der Waals surface area (Å²) in [5, 5.41) is 17.6. The predicted molar refractivity (Wildman–Crippen MR) is 53.4 cm³/mol. The molecule has 0 aromatic rings. The highest BCUT2D eigenvalue weighted by Gasteiger charge is 2.37. The molecule has 0 aromatic heterocycles. The Morgan fingerprint density at radius 2 is 2.31 bits per heavy atom. The lowest BCUT2D eigenvalue weighted by molar-refractivity contribution is -0.0447. The van der Waals surface area contributed by atoms with E-state index in [1.54, 1.807) is 12.2 Å². The molecule has 1 saturated heterocycles. The third-order valence-corrected chi connectivity index (χ3v) is 2.29. The largest absolute Gasteiger partial charge is 0.372 e. The molecule has 2 atom stereocenters. The number of hydrogen-bond donors (Lipinski definition) is 2. The van der Waals surface area contributed by atoms with E-state index in [0.29, 0.717) is 13.0 Å². The topological polar surface area (TPSA) is 46.4 Å². The van der Waals surface area contributed by atoms with Crippen molar-refractivity contribution in [3.05, 3.63) is 25.3 Å². The van der Waals surface area contributed by atoms with Crippen molar-refractivity contribution in [2.24, 2.45) is 0 Å². The van der Waals surface area contributed by atoms with Crippen LogP contribution in [0.15, 0.2) is 25.3 Å². The van der Waals surface area contributed by atoms with Crippen molar-refractivity contribution in [2.45, 2.75) is 24.6 Å². The van der Waals surface area contributed by atoms with Crippen LogP contribution in [0.4, 0.5) is 0 Å². The molecule has 1 fully saturated rings. The van der Waals surface area contributed by atoms with Crippen molar-refractivity contribution in [2.75, 3.05) is 13.1 Å². The number of piperazine rings is 1. The van der Waals surface area contributed by atoms with Gasteiger partial charge in [-0.2, -0.15) is 0 Å². The minimum atomic E-state index is -0.978. The van der Waals surface area contributed by atoms with E-state index in [1.807, 2.05) is 0 Å².